The molecule has 0 aliphatic heterocycles. The zero-order chi connectivity index (χ0) is 10.9. The average molecular weight is 187 g/mol. The first-order valence-electron chi connectivity index (χ1n) is 4.11. The minimum absolute atomic E-state index is 0.401. The minimum Gasteiger partial charge on any atom is -0.458 e. The number of hydrogen-bond donors (Lipinski definition) is 1. The van der Waals surface area contributed by atoms with E-state index in [1.807, 2.05) is 0 Å². The highest BCUT2D eigenvalue weighted by atomic mass is 16.6. The fourth-order valence-electron chi connectivity index (χ4n) is 0.528. The molecular weight excluding hydrogens is 170 g/mol. The topological polar surface area (TPSA) is 69.4 Å². The summed E-state index contributed by atoms with van der Waals surface area (Å²) in [7, 11) is 0. The number of nitrogens with two attached hydrogens (primary N) is 1. The zero-order valence-corrected chi connectivity index (χ0v) is 8.80. The van der Waals surface area contributed by atoms with Crippen LogP contribution < -0.4 is 5.73 Å². The molecule has 4 nitrogen and oxygen atoms in total. The van der Waals surface area contributed by atoms with Crippen LogP contribution in [0.5, 0.6) is 0 Å². The van der Waals surface area contributed by atoms with Crippen LogP contribution in [0, 0.1) is 0 Å². The Balaban J connectivity index is 4.53. The summed E-state index contributed by atoms with van der Waals surface area (Å²) in [4.78, 5) is 22.3. The van der Waals surface area contributed by atoms with E-state index in [-0.39, 0.29) is 0 Å². The summed E-state index contributed by atoms with van der Waals surface area (Å²) >= 11 is 0. The molecule has 76 valence electrons. The van der Waals surface area contributed by atoms with Crippen molar-refractivity contribution in [3.05, 3.63) is 0 Å². The average Bonchev–Trinajstić information content (AvgIpc) is 1.82. The Bertz CT molecular complexity index is 226. The molecule has 1 atom stereocenters. The second-order valence-electron chi connectivity index (χ2n) is 4.26. The van der Waals surface area contributed by atoms with E-state index in [2.05, 4.69) is 0 Å². The van der Waals surface area contributed by atoms with Crippen molar-refractivity contribution in [3.63, 3.8) is 0 Å². The first kappa shape index (κ1) is 12.1. The molecule has 0 bridgehead atoms. The maximum atomic E-state index is 11.4. The van der Waals surface area contributed by atoms with Gasteiger partial charge in [-0.1, -0.05) is 0 Å². The van der Waals surface area contributed by atoms with Crippen molar-refractivity contribution in [2.45, 2.75) is 45.8 Å². The van der Waals surface area contributed by atoms with Gasteiger partial charge in [0.15, 0.2) is 11.3 Å². The summed E-state index contributed by atoms with van der Waals surface area (Å²) < 4.78 is 4.98. The van der Waals surface area contributed by atoms with E-state index in [4.69, 9.17) is 10.5 Å². The van der Waals surface area contributed by atoms with Crippen LogP contribution in [-0.2, 0) is 14.3 Å². The number of carbonyl (C=O) groups is 2. The summed E-state index contributed by atoms with van der Waals surface area (Å²) in [6, 6.07) is 0. The SMILES string of the molecule is CC(=O)[C@@](C)(N)C(=O)OC(C)(C)C. The van der Waals surface area contributed by atoms with E-state index in [0.717, 1.165) is 0 Å². The minimum atomic E-state index is -1.53. The van der Waals surface area contributed by atoms with E-state index in [1.54, 1.807) is 20.8 Å². The first-order chi connectivity index (χ1) is 5.57. The largest absolute Gasteiger partial charge is 0.458 e. The number of rotatable bonds is 2. The summed E-state index contributed by atoms with van der Waals surface area (Å²) in [6.45, 7) is 7.79. The third kappa shape index (κ3) is 3.55. The fraction of sp³-hybridized carbons (Fsp3) is 0.778. The van der Waals surface area contributed by atoms with Gasteiger partial charge in [-0.25, -0.2) is 4.79 Å². The molecule has 0 aromatic heterocycles. The second kappa shape index (κ2) is 3.46. The Morgan fingerprint density at radius 1 is 1.15 bits per heavy atom. The smallest absolute Gasteiger partial charge is 0.334 e. The van der Waals surface area contributed by atoms with Gasteiger partial charge >= 0.3 is 5.97 Å². The molecule has 0 amide bonds. The molecule has 13 heavy (non-hydrogen) atoms. The van der Waals surface area contributed by atoms with E-state index in [0.29, 0.717) is 0 Å². The second-order valence-corrected chi connectivity index (χ2v) is 4.26. The highest BCUT2D eigenvalue weighted by molar-refractivity contribution is 6.06. The molecule has 0 aliphatic rings. The van der Waals surface area contributed by atoms with E-state index in [9.17, 15) is 9.59 Å². The molecule has 0 fully saturated rings. The highest BCUT2D eigenvalue weighted by Crippen LogP contribution is 2.13. The molecule has 4 heteroatoms. The van der Waals surface area contributed by atoms with Gasteiger partial charge < -0.3 is 10.5 Å². The zero-order valence-electron chi connectivity index (χ0n) is 8.80. The van der Waals surface area contributed by atoms with Crippen molar-refractivity contribution in [1.82, 2.24) is 0 Å². The predicted octanol–water partition coefficient (Wildman–Crippen LogP) is 0.634. The van der Waals surface area contributed by atoms with Gasteiger partial charge in [-0.2, -0.15) is 0 Å². The molecule has 0 heterocycles. The van der Waals surface area contributed by atoms with E-state index < -0.39 is 22.9 Å². The van der Waals surface area contributed by atoms with Gasteiger partial charge in [0.25, 0.3) is 0 Å². The lowest BCUT2D eigenvalue weighted by molar-refractivity contribution is -0.162. The van der Waals surface area contributed by atoms with Crippen LogP contribution in [0.2, 0.25) is 0 Å². The molecule has 0 rings (SSSR count). The van der Waals surface area contributed by atoms with Crippen LogP contribution in [0.4, 0.5) is 0 Å². The van der Waals surface area contributed by atoms with Crippen molar-refractivity contribution >= 4 is 11.8 Å². The maximum absolute atomic E-state index is 11.4. The number of Topliss-reactive ketones (excluding diaryl/α,β-unsaturated/α-hetero) is 1. The Kier molecular flexibility index (Phi) is 3.22. The third-order valence-corrected chi connectivity index (χ3v) is 1.55. The molecular formula is C9H17NO3. The lowest BCUT2D eigenvalue weighted by Crippen LogP contribution is -2.53. The van der Waals surface area contributed by atoms with Crippen LogP contribution >= 0.6 is 0 Å². The Morgan fingerprint density at radius 3 is 1.77 bits per heavy atom. The Labute approximate surface area is 78.4 Å². The van der Waals surface area contributed by atoms with Crippen LogP contribution in [0.3, 0.4) is 0 Å². The lowest BCUT2D eigenvalue weighted by Gasteiger charge is -2.26. The van der Waals surface area contributed by atoms with Crippen molar-refractivity contribution in [3.8, 4) is 0 Å². The molecule has 0 unspecified atom stereocenters. The van der Waals surface area contributed by atoms with Crippen LogP contribution in [0.15, 0.2) is 0 Å². The quantitative estimate of drug-likeness (QED) is 0.508. The molecule has 0 radical (unpaired) electrons. The Morgan fingerprint density at radius 2 is 1.54 bits per heavy atom. The van der Waals surface area contributed by atoms with Gasteiger partial charge in [0.1, 0.15) is 5.60 Å². The summed E-state index contributed by atoms with van der Waals surface area (Å²) in [6.07, 6.45) is 0. The summed E-state index contributed by atoms with van der Waals surface area (Å²) in [5.41, 5.74) is 3.33. The predicted molar refractivity (Wildman–Crippen MR) is 49.1 cm³/mol. The third-order valence-electron chi connectivity index (χ3n) is 1.55. The van der Waals surface area contributed by atoms with Gasteiger partial charge in [0.2, 0.25) is 0 Å². The van der Waals surface area contributed by atoms with Crippen LogP contribution in [-0.4, -0.2) is 22.9 Å². The molecule has 0 saturated heterocycles. The molecule has 0 saturated carbocycles. The van der Waals surface area contributed by atoms with Crippen LogP contribution in [0.25, 0.3) is 0 Å². The monoisotopic (exact) mass is 187 g/mol. The van der Waals surface area contributed by atoms with Crippen molar-refractivity contribution < 1.29 is 14.3 Å². The first-order valence-corrected chi connectivity index (χ1v) is 4.11. The maximum Gasteiger partial charge on any atom is 0.334 e. The number of hydrogen-bond acceptors (Lipinski definition) is 4. The number of esters is 1. The van der Waals surface area contributed by atoms with Crippen molar-refractivity contribution in [2.24, 2.45) is 5.73 Å². The van der Waals surface area contributed by atoms with Gasteiger partial charge in [0, 0.05) is 0 Å². The highest BCUT2D eigenvalue weighted by Gasteiger charge is 2.37. The molecule has 0 spiro atoms. The van der Waals surface area contributed by atoms with E-state index >= 15 is 0 Å². The summed E-state index contributed by atoms with van der Waals surface area (Å²) in [5, 5.41) is 0. The standard InChI is InChI=1S/C9H17NO3/c1-6(11)9(5,10)7(12)13-8(2,3)4/h10H2,1-5H3/t9-/m1/s1. The molecule has 0 aliphatic carbocycles. The normalized spacial score (nSPS) is 16.2. The van der Waals surface area contributed by atoms with Crippen LogP contribution in [0.1, 0.15) is 34.6 Å². The van der Waals surface area contributed by atoms with Gasteiger partial charge in [-0.15, -0.1) is 0 Å². The lowest BCUT2D eigenvalue weighted by atomic mass is 9.99. The van der Waals surface area contributed by atoms with Crippen molar-refractivity contribution in [2.75, 3.05) is 0 Å². The molecule has 0 aromatic rings. The van der Waals surface area contributed by atoms with E-state index in [1.165, 1.54) is 13.8 Å². The molecule has 2 N–H and O–H groups in total. The van der Waals surface area contributed by atoms with Gasteiger partial charge in [0.05, 0.1) is 0 Å². The number of ketones is 1. The number of ether oxygens (including phenoxy) is 1. The molecule has 0 aromatic carbocycles. The number of carbonyl (C=O) groups excluding carboxylic acids is 2. The van der Waals surface area contributed by atoms with Gasteiger partial charge in [-0.05, 0) is 34.6 Å². The summed E-state index contributed by atoms with van der Waals surface area (Å²) in [5.74, 6) is -1.09. The fourth-order valence-corrected chi connectivity index (χ4v) is 0.528. The van der Waals surface area contributed by atoms with Gasteiger partial charge in [-0.3, -0.25) is 4.79 Å². The Hall–Kier alpha value is -0.900. The van der Waals surface area contributed by atoms with Crippen molar-refractivity contribution in [1.29, 1.82) is 0 Å².